The Kier molecular flexibility index (Phi) is 11.2. The fourth-order valence-corrected chi connectivity index (χ4v) is 4.03. The highest BCUT2D eigenvalue weighted by Gasteiger charge is 2.11. The molecule has 0 aliphatic heterocycles. The number of hydrazone groups is 2. The topological polar surface area (TPSA) is 148 Å². The van der Waals surface area contributed by atoms with Crippen molar-refractivity contribution in [3.63, 3.8) is 0 Å². The fraction of sp³-hybridized carbons (Fsp3) is 0.212. The van der Waals surface area contributed by atoms with Gasteiger partial charge in [-0.1, -0.05) is 36.4 Å². The van der Waals surface area contributed by atoms with Crippen LogP contribution in [0.4, 0.5) is 23.3 Å². The maximum Gasteiger partial charge on any atom is 0.338 e. The highest BCUT2D eigenvalue weighted by Crippen LogP contribution is 2.27. The monoisotopic (exact) mass is 609 g/mol. The lowest BCUT2D eigenvalue weighted by atomic mass is 10.1. The highest BCUT2D eigenvalue weighted by molar-refractivity contribution is 6.01. The average Bonchev–Trinajstić information content (AvgIpc) is 3.06. The molecule has 12 nitrogen and oxygen atoms in total. The van der Waals surface area contributed by atoms with Gasteiger partial charge in [0.25, 0.3) is 0 Å². The van der Waals surface area contributed by atoms with E-state index < -0.39 is 0 Å². The van der Waals surface area contributed by atoms with Gasteiger partial charge in [0.05, 0.1) is 48.6 Å². The fourth-order valence-electron chi connectivity index (χ4n) is 4.03. The van der Waals surface area contributed by atoms with E-state index in [2.05, 4.69) is 36.3 Å². The molecule has 0 saturated carbocycles. The number of aromatic nitrogens is 2. The van der Waals surface area contributed by atoms with Crippen LogP contribution < -0.4 is 20.9 Å². The summed E-state index contributed by atoms with van der Waals surface area (Å²) in [4.78, 5) is 33.1. The van der Waals surface area contributed by atoms with Crippen LogP contribution in [-0.2, 0) is 9.47 Å². The minimum absolute atomic E-state index is 0.200. The van der Waals surface area contributed by atoms with E-state index >= 15 is 0 Å². The molecule has 0 atom stereocenters. The summed E-state index contributed by atoms with van der Waals surface area (Å²) >= 11 is 0. The first kappa shape index (κ1) is 32.1. The van der Waals surface area contributed by atoms with Gasteiger partial charge in [0.15, 0.2) is 5.82 Å². The number of benzene rings is 3. The normalized spacial score (nSPS) is 11.4. The van der Waals surface area contributed by atoms with E-state index in [1.807, 2.05) is 38.1 Å². The summed E-state index contributed by atoms with van der Waals surface area (Å²) < 4.78 is 15.6. The molecule has 4 aromatic rings. The molecule has 3 N–H and O–H groups in total. The number of nitrogens with zero attached hydrogens (tertiary/aromatic N) is 4. The smallest absolute Gasteiger partial charge is 0.338 e. The van der Waals surface area contributed by atoms with Crippen molar-refractivity contribution in [2.24, 2.45) is 10.2 Å². The summed E-state index contributed by atoms with van der Waals surface area (Å²) in [5.41, 5.74) is 10.4. The lowest BCUT2D eigenvalue weighted by molar-refractivity contribution is 0.0516. The van der Waals surface area contributed by atoms with E-state index in [0.29, 0.717) is 58.8 Å². The molecule has 232 valence electrons. The number of carbonyl (C=O) groups excluding carboxylic acids is 2. The van der Waals surface area contributed by atoms with E-state index in [1.54, 1.807) is 75.6 Å². The molecule has 0 aliphatic carbocycles. The minimum Gasteiger partial charge on any atom is -0.495 e. The van der Waals surface area contributed by atoms with E-state index in [-0.39, 0.29) is 17.9 Å². The number of nitrogens with one attached hydrogen (secondary N) is 3. The van der Waals surface area contributed by atoms with Crippen molar-refractivity contribution < 1.29 is 23.8 Å². The third kappa shape index (κ3) is 8.86. The Morgan fingerprint density at radius 2 is 1.18 bits per heavy atom. The van der Waals surface area contributed by atoms with Gasteiger partial charge in [0.1, 0.15) is 11.6 Å². The lowest BCUT2D eigenvalue weighted by Crippen LogP contribution is -2.08. The SMILES string of the molecule is CCOC(=O)c1ccc(C(C)=NNc2cc(Nc3ccccc3OC)nc(NN=C(C)c3ccc(C(=O)OCC)cc3)n2)cc1. The maximum atomic E-state index is 12.0. The van der Waals surface area contributed by atoms with Gasteiger partial charge < -0.3 is 19.5 Å². The molecule has 0 saturated heterocycles. The number of carbonyl (C=O) groups is 2. The van der Waals surface area contributed by atoms with Crippen LogP contribution in [0.3, 0.4) is 0 Å². The van der Waals surface area contributed by atoms with Gasteiger partial charge in [0.2, 0.25) is 5.95 Å². The van der Waals surface area contributed by atoms with Crippen molar-refractivity contribution >= 4 is 46.6 Å². The second-order valence-corrected chi connectivity index (χ2v) is 9.50. The summed E-state index contributed by atoms with van der Waals surface area (Å²) in [6, 6.07) is 23.1. The Hall–Kier alpha value is -5.78. The van der Waals surface area contributed by atoms with Gasteiger partial charge in [-0.15, -0.1) is 0 Å². The van der Waals surface area contributed by atoms with Crippen LogP contribution in [0.1, 0.15) is 59.5 Å². The molecule has 1 aromatic heterocycles. The molecule has 0 aliphatic rings. The molecule has 3 aromatic carbocycles. The quantitative estimate of drug-likeness (QED) is 0.0902. The van der Waals surface area contributed by atoms with Gasteiger partial charge >= 0.3 is 11.9 Å². The molecule has 1 heterocycles. The summed E-state index contributed by atoms with van der Waals surface area (Å²) in [6.45, 7) is 7.80. The van der Waals surface area contributed by atoms with E-state index in [4.69, 9.17) is 14.2 Å². The molecule has 0 fully saturated rings. The number of hydrogen-bond donors (Lipinski definition) is 3. The summed E-state index contributed by atoms with van der Waals surface area (Å²) in [5, 5.41) is 12.2. The molecule has 0 amide bonds. The van der Waals surface area contributed by atoms with Crippen LogP contribution in [0.5, 0.6) is 5.75 Å². The van der Waals surface area contributed by atoms with Crippen molar-refractivity contribution in [3.8, 4) is 5.75 Å². The standard InChI is InChI=1S/C33H35N7O5/c1-6-44-31(41)25-16-12-23(13-17-25)21(3)37-39-30-20-29(34-27-10-8-9-11-28(27)43-5)35-33(36-30)40-38-22(4)24-14-18-26(19-15-24)32(42)45-7-2/h8-20H,6-7H2,1-5H3,(H3,34,35,36,39,40). The van der Waals surface area contributed by atoms with E-state index in [0.717, 1.165) is 11.1 Å². The van der Waals surface area contributed by atoms with Gasteiger partial charge in [0, 0.05) is 6.07 Å². The first-order chi connectivity index (χ1) is 21.8. The van der Waals surface area contributed by atoms with Crippen molar-refractivity contribution in [2.75, 3.05) is 36.5 Å². The number of methoxy groups -OCH3 is 1. The van der Waals surface area contributed by atoms with Crippen LogP contribution in [0, 0.1) is 0 Å². The third-order valence-electron chi connectivity index (χ3n) is 6.39. The van der Waals surface area contributed by atoms with Gasteiger partial charge in [-0.2, -0.15) is 20.2 Å². The number of para-hydroxylation sites is 2. The lowest BCUT2D eigenvalue weighted by Gasteiger charge is -2.12. The number of hydrogen-bond acceptors (Lipinski definition) is 12. The van der Waals surface area contributed by atoms with Crippen LogP contribution in [0.15, 0.2) is 89.1 Å². The zero-order chi connectivity index (χ0) is 32.2. The van der Waals surface area contributed by atoms with Crippen molar-refractivity contribution in [1.82, 2.24) is 9.97 Å². The second-order valence-electron chi connectivity index (χ2n) is 9.50. The zero-order valence-corrected chi connectivity index (χ0v) is 25.7. The minimum atomic E-state index is -0.379. The summed E-state index contributed by atoms with van der Waals surface area (Å²) in [5.74, 6) is 0.930. The Morgan fingerprint density at radius 1 is 0.689 bits per heavy atom. The zero-order valence-electron chi connectivity index (χ0n) is 25.7. The maximum absolute atomic E-state index is 12.0. The predicted octanol–water partition coefficient (Wildman–Crippen LogP) is 6.25. The Labute approximate surface area is 261 Å². The first-order valence-electron chi connectivity index (χ1n) is 14.3. The van der Waals surface area contributed by atoms with Crippen LogP contribution in [0.25, 0.3) is 0 Å². The number of ether oxygens (including phenoxy) is 3. The Balaban J connectivity index is 1.57. The summed E-state index contributed by atoms with van der Waals surface area (Å²) in [7, 11) is 1.59. The highest BCUT2D eigenvalue weighted by atomic mass is 16.5. The summed E-state index contributed by atoms with van der Waals surface area (Å²) in [6.07, 6.45) is 0. The first-order valence-corrected chi connectivity index (χ1v) is 14.3. The van der Waals surface area contributed by atoms with Crippen LogP contribution >= 0.6 is 0 Å². The van der Waals surface area contributed by atoms with E-state index in [1.165, 1.54) is 0 Å². The van der Waals surface area contributed by atoms with Crippen LogP contribution in [-0.4, -0.2) is 53.7 Å². The molecule has 12 heteroatoms. The Bertz CT molecular complexity index is 1590. The van der Waals surface area contributed by atoms with Gasteiger partial charge in [-0.25, -0.2) is 15.0 Å². The van der Waals surface area contributed by atoms with E-state index in [9.17, 15) is 9.59 Å². The van der Waals surface area contributed by atoms with Crippen molar-refractivity contribution in [2.45, 2.75) is 27.7 Å². The van der Waals surface area contributed by atoms with Gasteiger partial charge in [-0.3, -0.25) is 5.43 Å². The third-order valence-corrected chi connectivity index (χ3v) is 6.39. The molecule has 45 heavy (non-hydrogen) atoms. The van der Waals surface area contributed by atoms with Gasteiger partial charge in [-0.05, 0) is 75.2 Å². The average molecular weight is 610 g/mol. The largest absolute Gasteiger partial charge is 0.495 e. The number of anilines is 4. The molecule has 0 bridgehead atoms. The Morgan fingerprint density at radius 3 is 1.71 bits per heavy atom. The molecule has 0 unspecified atom stereocenters. The second kappa shape index (κ2) is 15.6. The van der Waals surface area contributed by atoms with Crippen LogP contribution in [0.2, 0.25) is 0 Å². The number of esters is 2. The molecule has 0 spiro atoms. The van der Waals surface area contributed by atoms with Crippen molar-refractivity contribution in [3.05, 3.63) is 101 Å². The number of rotatable bonds is 13. The predicted molar refractivity (Wildman–Crippen MR) is 175 cm³/mol. The van der Waals surface area contributed by atoms with Crippen molar-refractivity contribution in [1.29, 1.82) is 0 Å². The molecular weight excluding hydrogens is 574 g/mol. The molecule has 0 radical (unpaired) electrons. The molecule has 4 rings (SSSR count). The molecular formula is C33H35N7O5.